The molecule has 1 aromatic carbocycles. The summed E-state index contributed by atoms with van der Waals surface area (Å²) in [6, 6.07) is 3.76. The third kappa shape index (κ3) is 3.61. The predicted octanol–water partition coefficient (Wildman–Crippen LogP) is 3.06. The lowest BCUT2D eigenvalue weighted by Crippen LogP contribution is -2.27. The maximum atomic E-state index is 8.11. The van der Waals surface area contributed by atoms with Gasteiger partial charge in [-0.3, -0.25) is 10.8 Å². The van der Waals surface area contributed by atoms with Crippen LogP contribution in [0.1, 0.15) is 29.5 Å². The third-order valence-electron chi connectivity index (χ3n) is 3.79. The van der Waals surface area contributed by atoms with Crippen LogP contribution in [0.4, 0.5) is 0 Å². The molecular weight excluding hydrogens is 268 g/mol. The molecule has 5 heteroatoms. The van der Waals surface area contributed by atoms with E-state index < -0.39 is 0 Å². The maximum Gasteiger partial charge on any atom is 0.221 e. The van der Waals surface area contributed by atoms with E-state index in [9.17, 15) is 0 Å². The predicted molar refractivity (Wildman–Crippen MR) is 81.7 cm³/mol. The molecule has 114 valence electrons. The Balaban J connectivity index is 2.11. The first-order valence-corrected chi connectivity index (χ1v) is 7.11. The zero-order chi connectivity index (χ0) is 15.4. The van der Waals surface area contributed by atoms with Crippen LogP contribution < -0.4 is 4.74 Å². The number of methoxy groups -OCH3 is 1. The molecule has 1 heterocycles. The molecule has 0 atom stereocenters. The summed E-state index contributed by atoms with van der Waals surface area (Å²) in [7, 11) is 1.61. The van der Waals surface area contributed by atoms with Crippen molar-refractivity contribution in [2.24, 2.45) is 5.92 Å². The van der Waals surface area contributed by atoms with Gasteiger partial charge in [0.25, 0.3) is 0 Å². The van der Waals surface area contributed by atoms with Crippen molar-refractivity contribution in [1.29, 1.82) is 10.8 Å². The third-order valence-corrected chi connectivity index (χ3v) is 3.79. The highest BCUT2D eigenvalue weighted by molar-refractivity contribution is 6.01. The molecule has 1 aliphatic rings. The number of aryl methyl sites for hydroxylation is 2. The minimum atomic E-state index is 0.00212. The molecule has 1 saturated heterocycles. The zero-order valence-electron chi connectivity index (χ0n) is 12.8. The number of hydrogen-bond acceptors (Lipinski definition) is 5. The van der Waals surface area contributed by atoms with Crippen molar-refractivity contribution < 1.29 is 14.2 Å². The molecular formula is C16H22N2O3. The minimum absolute atomic E-state index is 0.00212. The molecule has 5 nitrogen and oxygen atoms in total. The van der Waals surface area contributed by atoms with Gasteiger partial charge in [-0.05, 0) is 43.9 Å². The summed E-state index contributed by atoms with van der Waals surface area (Å²) >= 11 is 0. The van der Waals surface area contributed by atoms with Crippen molar-refractivity contribution in [3.05, 3.63) is 28.8 Å². The standard InChI is InChI=1S/C16H22N2O3/c1-10-8-11(2)14(19-3)9-13(10)16(18)21-15(17)12-4-6-20-7-5-12/h8-9,12,17-18H,4-7H2,1-3H3. The topological polar surface area (TPSA) is 75.4 Å². The fourth-order valence-corrected chi connectivity index (χ4v) is 2.50. The van der Waals surface area contributed by atoms with Gasteiger partial charge in [0.05, 0.1) is 7.11 Å². The molecule has 0 saturated carbocycles. The molecule has 0 unspecified atom stereocenters. The molecule has 0 bridgehead atoms. The molecule has 0 spiro atoms. The Bertz CT molecular complexity index is 549. The van der Waals surface area contributed by atoms with Crippen LogP contribution >= 0.6 is 0 Å². The van der Waals surface area contributed by atoms with E-state index in [-0.39, 0.29) is 17.7 Å². The van der Waals surface area contributed by atoms with E-state index in [0.29, 0.717) is 18.8 Å². The molecule has 0 aromatic heterocycles. The van der Waals surface area contributed by atoms with E-state index >= 15 is 0 Å². The lowest BCUT2D eigenvalue weighted by atomic mass is 10.00. The van der Waals surface area contributed by atoms with E-state index in [1.807, 2.05) is 19.9 Å². The average Bonchev–Trinajstić information content (AvgIpc) is 2.48. The lowest BCUT2D eigenvalue weighted by molar-refractivity contribution is 0.0788. The summed E-state index contributed by atoms with van der Waals surface area (Å²) in [4.78, 5) is 0. The Morgan fingerprint density at radius 2 is 1.81 bits per heavy atom. The van der Waals surface area contributed by atoms with Crippen LogP contribution in [0.2, 0.25) is 0 Å². The summed E-state index contributed by atoms with van der Waals surface area (Å²) in [5.41, 5.74) is 2.62. The second-order valence-electron chi connectivity index (χ2n) is 5.32. The van der Waals surface area contributed by atoms with Gasteiger partial charge in [0, 0.05) is 24.7 Å². The average molecular weight is 290 g/mol. The summed E-state index contributed by atoms with van der Waals surface area (Å²) in [6.07, 6.45) is 1.56. The van der Waals surface area contributed by atoms with Crippen LogP contribution in [0.3, 0.4) is 0 Å². The van der Waals surface area contributed by atoms with Crippen LogP contribution in [0, 0.1) is 30.6 Å². The van der Waals surface area contributed by atoms with Crippen LogP contribution in [0.5, 0.6) is 5.75 Å². The fraction of sp³-hybridized carbons (Fsp3) is 0.500. The quantitative estimate of drug-likeness (QED) is 0.663. The molecule has 1 aliphatic heterocycles. The van der Waals surface area contributed by atoms with Gasteiger partial charge < -0.3 is 14.2 Å². The maximum absolute atomic E-state index is 8.11. The minimum Gasteiger partial charge on any atom is -0.496 e. The normalized spacial score (nSPS) is 15.6. The smallest absolute Gasteiger partial charge is 0.221 e. The van der Waals surface area contributed by atoms with Gasteiger partial charge >= 0.3 is 0 Å². The molecule has 1 aromatic rings. The Morgan fingerprint density at radius 3 is 2.43 bits per heavy atom. The first-order chi connectivity index (χ1) is 10.0. The Kier molecular flexibility index (Phi) is 4.96. The molecule has 0 radical (unpaired) electrons. The fourth-order valence-electron chi connectivity index (χ4n) is 2.50. The molecule has 21 heavy (non-hydrogen) atoms. The Labute approximate surface area is 125 Å². The van der Waals surface area contributed by atoms with Gasteiger partial charge in [0.1, 0.15) is 5.75 Å². The van der Waals surface area contributed by atoms with E-state index in [0.717, 1.165) is 29.7 Å². The van der Waals surface area contributed by atoms with E-state index in [1.165, 1.54) is 0 Å². The summed E-state index contributed by atoms with van der Waals surface area (Å²) in [6.45, 7) is 5.20. The van der Waals surface area contributed by atoms with Crippen molar-refractivity contribution in [3.8, 4) is 5.75 Å². The van der Waals surface area contributed by atoms with Crippen molar-refractivity contribution >= 4 is 11.8 Å². The van der Waals surface area contributed by atoms with Gasteiger partial charge in [-0.2, -0.15) is 0 Å². The van der Waals surface area contributed by atoms with Crippen LogP contribution in [-0.4, -0.2) is 32.1 Å². The SMILES string of the molecule is COc1cc(C(=N)OC(=N)C2CCOCC2)c(C)cc1C. The largest absolute Gasteiger partial charge is 0.496 e. The van der Waals surface area contributed by atoms with Crippen molar-refractivity contribution in [2.75, 3.05) is 20.3 Å². The first-order valence-electron chi connectivity index (χ1n) is 7.11. The second-order valence-corrected chi connectivity index (χ2v) is 5.32. The monoisotopic (exact) mass is 290 g/mol. The van der Waals surface area contributed by atoms with Crippen molar-refractivity contribution in [1.82, 2.24) is 0 Å². The zero-order valence-corrected chi connectivity index (χ0v) is 12.8. The van der Waals surface area contributed by atoms with Gasteiger partial charge in [-0.1, -0.05) is 6.07 Å². The van der Waals surface area contributed by atoms with Gasteiger partial charge in [0.15, 0.2) is 5.90 Å². The molecule has 2 N–H and O–H groups in total. The first kappa shape index (κ1) is 15.5. The highest BCUT2D eigenvalue weighted by atomic mass is 16.5. The van der Waals surface area contributed by atoms with Gasteiger partial charge in [-0.25, -0.2) is 0 Å². The van der Waals surface area contributed by atoms with Gasteiger partial charge in [0.2, 0.25) is 5.90 Å². The van der Waals surface area contributed by atoms with Crippen LogP contribution in [0.15, 0.2) is 12.1 Å². The summed E-state index contributed by atoms with van der Waals surface area (Å²) < 4.78 is 16.0. The molecule has 0 amide bonds. The van der Waals surface area contributed by atoms with Crippen molar-refractivity contribution in [2.45, 2.75) is 26.7 Å². The van der Waals surface area contributed by atoms with E-state index in [4.69, 9.17) is 25.0 Å². The second kappa shape index (κ2) is 6.72. The van der Waals surface area contributed by atoms with Crippen molar-refractivity contribution in [3.63, 3.8) is 0 Å². The molecule has 2 rings (SSSR count). The number of hydrogen-bond donors (Lipinski definition) is 2. The Hall–Kier alpha value is -1.88. The number of benzene rings is 1. The number of nitrogens with one attached hydrogen (secondary N) is 2. The van der Waals surface area contributed by atoms with E-state index in [1.54, 1.807) is 13.2 Å². The Morgan fingerprint density at radius 1 is 1.14 bits per heavy atom. The van der Waals surface area contributed by atoms with Gasteiger partial charge in [-0.15, -0.1) is 0 Å². The molecule has 1 fully saturated rings. The van der Waals surface area contributed by atoms with E-state index in [2.05, 4.69) is 0 Å². The number of ether oxygens (including phenoxy) is 3. The molecule has 0 aliphatic carbocycles. The summed E-state index contributed by atoms with van der Waals surface area (Å²) in [5.74, 6) is 0.929. The summed E-state index contributed by atoms with van der Waals surface area (Å²) in [5, 5.41) is 16.1. The highest BCUT2D eigenvalue weighted by Gasteiger charge is 2.22. The van der Waals surface area contributed by atoms with Crippen LogP contribution in [0.25, 0.3) is 0 Å². The number of rotatable bonds is 3. The van der Waals surface area contributed by atoms with Crippen LogP contribution in [-0.2, 0) is 9.47 Å². The lowest BCUT2D eigenvalue weighted by Gasteiger charge is -2.22. The highest BCUT2D eigenvalue weighted by Crippen LogP contribution is 2.24.